The van der Waals surface area contributed by atoms with Crippen LogP contribution in [0.3, 0.4) is 0 Å². The normalized spacial score (nSPS) is 19.4. The number of nitriles is 1. The molecule has 28 heavy (non-hydrogen) atoms. The number of hydrogen-bond donors (Lipinski definition) is 2. The van der Waals surface area contributed by atoms with Gasteiger partial charge in [-0.25, -0.2) is 0 Å². The van der Waals surface area contributed by atoms with Crippen LogP contribution in [-0.4, -0.2) is 28.9 Å². The van der Waals surface area contributed by atoms with Crippen molar-refractivity contribution in [2.75, 3.05) is 18.4 Å². The van der Waals surface area contributed by atoms with Crippen LogP contribution >= 0.6 is 0 Å². The van der Waals surface area contributed by atoms with Gasteiger partial charge in [0, 0.05) is 18.8 Å². The third-order valence-corrected chi connectivity index (χ3v) is 5.34. The molecule has 0 bridgehead atoms. The molecule has 2 N–H and O–H groups in total. The van der Waals surface area contributed by atoms with Crippen molar-refractivity contribution in [2.24, 2.45) is 0 Å². The summed E-state index contributed by atoms with van der Waals surface area (Å²) in [5.74, 6) is -1.54. The number of benzene rings is 2. The molecule has 3 rings (SSSR count). The van der Waals surface area contributed by atoms with Crippen molar-refractivity contribution in [3.05, 3.63) is 65.7 Å². The Morgan fingerprint density at radius 2 is 1.71 bits per heavy atom. The zero-order valence-corrected chi connectivity index (χ0v) is 15.5. The van der Waals surface area contributed by atoms with Crippen molar-refractivity contribution < 1.29 is 18.3 Å². The maximum Gasteiger partial charge on any atom is 0.416 e. The molecular formula is C21H22F3N3O. The minimum atomic E-state index is -4.45. The number of halogens is 3. The number of aliphatic hydroxyl groups is 1. The predicted octanol–water partition coefficient (Wildman–Crippen LogP) is 4.34. The average molecular weight is 389 g/mol. The van der Waals surface area contributed by atoms with E-state index in [1.807, 2.05) is 30.3 Å². The molecule has 148 valence electrons. The van der Waals surface area contributed by atoms with Crippen LogP contribution in [0.25, 0.3) is 0 Å². The predicted molar refractivity (Wildman–Crippen MR) is 100 cm³/mol. The molecule has 1 saturated heterocycles. The van der Waals surface area contributed by atoms with E-state index >= 15 is 0 Å². The lowest BCUT2D eigenvalue weighted by atomic mass is 9.74. The SMILES string of the molecule is CC(O)(Nc1cccc(C(F)(F)F)c1)N1CCC(C#N)(c2ccccc2)CC1. The van der Waals surface area contributed by atoms with E-state index in [1.165, 1.54) is 19.1 Å². The number of anilines is 1. The fourth-order valence-electron chi connectivity index (χ4n) is 3.67. The van der Waals surface area contributed by atoms with Crippen LogP contribution in [0.2, 0.25) is 0 Å². The van der Waals surface area contributed by atoms with E-state index in [-0.39, 0.29) is 5.69 Å². The van der Waals surface area contributed by atoms with Crippen LogP contribution in [0.15, 0.2) is 54.6 Å². The third kappa shape index (κ3) is 4.13. The number of nitrogens with one attached hydrogen (secondary N) is 1. The summed E-state index contributed by atoms with van der Waals surface area (Å²) in [5.41, 5.74) is -0.272. The highest BCUT2D eigenvalue weighted by atomic mass is 19.4. The molecule has 1 unspecified atom stereocenters. The van der Waals surface area contributed by atoms with E-state index in [4.69, 9.17) is 0 Å². The summed E-state index contributed by atoms with van der Waals surface area (Å²) in [5, 5.41) is 23.4. The summed E-state index contributed by atoms with van der Waals surface area (Å²) in [4.78, 5) is 1.74. The van der Waals surface area contributed by atoms with Crippen LogP contribution < -0.4 is 5.32 Å². The summed E-state index contributed by atoms with van der Waals surface area (Å²) >= 11 is 0. The standard InChI is InChI=1S/C21H22F3N3O/c1-19(28,26-18-9-5-8-17(14-18)21(22,23)24)27-12-10-20(15-25,11-13-27)16-6-3-2-4-7-16/h2-9,14,26,28H,10-13H2,1H3. The van der Waals surface area contributed by atoms with Gasteiger partial charge in [0.2, 0.25) is 0 Å². The molecule has 1 fully saturated rings. The van der Waals surface area contributed by atoms with E-state index in [2.05, 4.69) is 11.4 Å². The minimum absolute atomic E-state index is 0.181. The van der Waals surface area contributed by atoms with Crippen molar-refractivity contribution in [1.82, 2.24) is 4.90 Å². The molecule has 4 nitrogen and oxygen atoms in total. The van der Waals surface area contributed by atoms with Gasteiger partial charge in [-0.15, -0.1) is 0 Å². The lowest BCUT2D eigenvalue weighted by Gasteiger charge is -2.44. The van der Waals surface area contributed by atoms with Gasteiger partial charge in [0.25, 0.3) is 0 Å². The first-order valence-corrected chi connectivity index (χ1v) is 9.06. The quantitative estimate of drug-likeness (QED) is 0.764. The number of piperidine rings is 1. The first-order valence-electron chi connectivity index (χ1n) is 9.06. The van der Waals surface area contributed by atoms with Crippen molar-refractivity contribution in [3.8, 4) is 6.07 Å². The third-order valence-electron chi connectivity index (χ3n) is 5.34. The molecule has 0 radical (unpaired) electrons. The van der Waals surface area contributed by atoms with Crippen molar-refractivity contribution in [2.45, 2.75) is 37.2 Å². The average Bonchev–Trinajstić information content (AvgIpc) is 2.68. The Bertz CT molecular complexity index is 851. The second-order valence-electron chi connectivity index (χ2n) is 7.27. The van der Waals surface area contributed by atoms with Gasteiger partial charge < -0.3 is 10.4 Å². The lowest BCUT2D eigenvalue weighted by Crippen LogP contribution is -2.57. The number of likely N-dealkylation sites (tertiary alicyclic amines) is 1. The number of hydrogen-bond acceptors (Lipinski definition) is 4. The summed E-state index contributed by atoms with van der Waals surface area (Å²) in [6.07, 6.45) is -3.40. The fourth-order valence-corrected chi connectivity index (χ4v) is 3.67. The van der Waals surface area contributed by atoms with Gasteiger partial charge in [0.15, 0.2) is 5.85 Å². The Morgan fingerprint density at radius 3 is 2.29 bits per heavy atom. The summed E-state index contributed by atoms with van der Waals surface area (Å²) in [7, 11) is 0. The molecule has 0 spiro atoms. The molecule has 1 heterocycles. The second-order valence-corrected chi connectivity index (χ2v) is 7.27. The minimum Gasteiger partial charge on any atom is -0.359 e. The first kappa shape index (κ1) is 20.2. The van der Waals surface area contributed by atoms with Gasteiger partial charge in [-0.1, -0.05) is 36.4 Å². The molecule has 1 atom stereocenters. The maximum absolute atomic E-state index is 12.9. The van der Waals surface area contributed by atoms with E-state index in [1.54, 1.807) is 4.90 Å². The van der Waals surface area contributed by atoms with Crippen molar-refractivity contribution >= 4 is 5.69 Å². The van der Waals surface area contributed by atoms with Crippen LogP contribution in [-0.2, 0) is 11.6 Å². The molecule has 2 aromatic rings. The van der Waals surface area contributed by atoms with Gasteiger partial charge >= 0.3 is 6.18 Å². The van der Waals surface area contributed by atoms with Crippen LogP contribution in [0.5, 0.6) is 0 Å². The Morgan fingerprint density at radius 1 is 1.07 bits per heavy atom. The lowest BCUT2D eigenvalue weighted by molar-refractivity contribution is -0.137. The summed E-state index contributed by atoms with van der Waals surface area (Å²) in [6, 6.07) is 16.7. The first-order chi connectivity index (χ1) is 13.2. The van der Waals surface area contributed by atoms with Crippen molar-refractivity contribution in [3.63, 3.8) is 0 Å². The van der Waals surface area contributed by atoms with E-state index in [0.717, 1.165) is 17.7 Å². The highest BCUT2D eigenvalue weighted by molar-refractivity contribution is 5.47. The van der Waals surface area contributed by atoms with Gasteiger partial charge in [-0.2, -0.15) is 18.4 Å². The fraction of sp³-hybridized carbons (Fsp3) is 0.381. The molecular weight excluding hydrogens is 367 g/mol. The summed E-state index contributed by atoms with van der Waals surface area (Å²) < 4.78 is 38.7. The zero-order chi connectivity index (χ0) is 20.4. The number of nitrogens with zero attached hydrogens (tertiary/aromatic N) is 2. The molecule has 7 heteroatoms. The highest BCUT2D eigenvalue weighted by Crippen LogP contribution is 2.37. The second kappa shape index (κ2) is 7.46. The largest absolute Gasteiger partial charge is 0.416 e. The maximum atomic E-state index is 12.9. The van der Waals surface area contributed by atoms with Gasteiger partial charge in [0.1, 0.15) is 0 Å². The Balaban J connectivity index is 1.72. The van der Waals surface area contributed by atoms with Crippen LogP contribution in [0.1, 0.15) is 30.9 Å². The monoisotopic (exact) mass is 389 g/mol. The topological polar surface area (TPSA) is 59.3 Å². The summed E-state index contributed by atoms with van der Waals surface area (Å²) in [6.45, 7) is 2.37. The molecule has 2 aromatic carbocycles. The Hall–Kier alpha value is -2.56. The van der Waals surface area contributed by atoms with E-state index in [9.17, 15) is 23.5 Å². The van der Waals surface area contributed by atoms with E-state index in [0.29, 0.717) is 25.9 Å². The number of rotatable bonds is 4. The highest BCUT2D eigenvalue weighted by Gasteiger charge is 2.41. The number of alkyl halides is 3. The molecule has 1 aliphatic heterocycles. The molecule has 0 aromatic heterocycles. The smallest absolute Gasteiger partial charge is 0.359 e. The molecule has 0 saturated carbocycles. The van der Waals surface area contributed by atoms with Gasteiger partial charge in [-0.3, -0.25) is 4.90 Å². The van der Waals surface area contributed by atoms with Gasteiger partial charge in [0.05, 0.1) is 17.0 Å². The Labute approximate surface area is 162 Å². The molecule has 0 amide bonds. The van der Waals surface area contributed by atoms with Gasteiger partial charge in [-0.05, 0) is 43.5 Å². The van der Waals surface area contributed by atoms with Crippen LogP contribution in [0, 0.1) is 11.3 Å². The Kier molecular flexibility index (Phi) is 5.37. The van der Waals surface area contributed by atoms with Crippen molar-refractivity contribution in [1.29, 1.82) is 5.26 Å². The molecule has 0 aliphatic carbocycles. The van der Waals surface area contributed by atoms with E-state index < -0.39 is 23.0 Å². The molecule has 1 aliphatic rings. The zero-order valence-electron chi connectivity index (χ0n) is 15.5. The van der Waals surface area contributed by atoms with Crippen LogP contribution in [0.4, 0.5) is 18.9 Å².